The molecule has 1 fully saturated rings. The Morgan fingerprint density at radius 2 is 1.92 bits per heavy atom. The van der Waals surface area contributed by atoms with Crippen LogP contribution in [0.15, 0.2) is 58.2 Å². The van der Waals surface area contributed by atoms with E-state index >= 15 is 0 Å². The lowest BCUT2D eigenvalue weighted by Crippen LogP contribution is -2.48. The largest absolute Gasteiger partial charge is 0.339 e. The van der Waals surface area contributed by atoms with E-state index in [1.165, 1.54) is 22.5 Å². The van der Waals surface area contributed by atoms with Crippen molar-refractivity contribution in [3.8, 4) is 11.4 Å². The number of hydrogen-bond acceptors (Lipinski definition) is 6. The third-order valence-corrected chi connectivity index (χ3v) is 5.84. The van der Waals surface area contributed by atoms with Crippen LogP contribution in [-0.4, -0.2) is 40.9 Å². The van der Waals surface area contributed by atoms with Gasteiger partial charge < -0.3 is 4.52 Å². The number of hydrogen-bond donors (Lipinski definition) is 0. The molecule has 1 aliphatic heterocycles. The molecular formula is C16H13FN4O3S. The van der Waals surface area contributed by atoms with Gasteiger partial charge in [-0.3, -0.25) is 4.98 Å². The SMILES string of the molecule is O=S(=O)(c1cccc(F)c1)N1CC(c2nc(-c3ccncc3)no2)C1. The third-order valence-electron chi connectivity index (χ3n) is 4.01. The lowest BCUT2D eigenvalue weighted by molar-refractivity contribution is 0.216. The number of pyridine rings is 1. The van der Waals surface area contributed by atoms with Crippen molar-refractivity contribution in [3.05, 3.63) is 60.5 Å². The summed E-state index contributed by atoms with van der Waals surface area (Å²) in [5.41, 5.74) is 0.772. The summed E-state index contributed by atoms with van der Waals surface area (Å²) in [4.78, 5) is 8.18. The van der Waals surface area contributed by atoms with Crippen molar-refractivity contribution in [3.63, 3.8) is 0 Å². The van der Waals surface area contributed by atoms with Gasteiger partial charge in [0.15, 0.2) is 0 Å². The van der Waals surface area contributed by atoms with Crippen molar-refractivity contribution in [2.24, 2.45) is 0 Å². The second-order valence-electron chi connectivity index (χ2n) is 5.67. The molecule has 7 nitrogen and oxygen atoms in total. The molecule has 1 aromatic carbocycles. The Morgan fingerprint density at radius 1 is 1.16 bits per heavy atom. The molecule has 0 atom stereocenters. The minimum atomic E-state index is -3.72. The highest BCUT2D eigenvalue weighted by atomic mass is 32.2. The Bertz CT molecular complexity index is 1000. The summed E-state index contributed by atoms with van der Waals surface area (Å²) in [6.07, 6.45) is 3.25. The summed E-state index contributed by atoms with van der Waals surface area (Å²) in [5.74, 6) is 0.0600. The highest BCUT2D eigenvalue weighted by molar-refractivity contribution is 7.89. The fraction of sp³-hybridized carbons (Fsp3) is 0.188. The second-order valence-corrected chi connectivity index (χ2v) is 7.61. The predicted octanol–water partition coefficient (Wildman–Crippen LogP) is 2.06. The second kappa shape index (κ2) is 6.01. The number of aromatic nitrogens is 3. The summed E-state index contributed by atoms with van der Waals surface area (Å²) < 4.78 is 44.7. The highest BCUT2D eigenvalue weighted by Gasteiger charge is 2.40. The number of sulfonamides is 1. The minimum Gasteiger partial charge on any atom is -0.339 e. The monoisotopic (exact) mass is 360 g/mol. The summed E-state index contributed by atoms with van der Waals surface area (Å²) in [6.45, 7) is 0.438. The van der Waals surface area contributed by atoms with Gasteiger partial charge in [-0.15, -0.1) is 0 Å². The van der Waals surface area contributed by atoms with Gasteiger partial charge in [0.05, 0.1) is 10.8 Å². The fourth-order valence-corrected chi connectivity index (χ4v) is 4.15. The van der Waals surface area contributed by atoms with Gasteiger partial charge in [0, 0.05) is 31.0 Å². The quantitative estimate of drug-likeness (QED) is 0.707. The Morgan fingerprint density at radius 3 is 2.64 bits per heavy atom. The van der Waals surface area contributed by atoms with Crippen LogP contribution in [0.5, 0.6) is 0 Å². The Balaban J connectivity index is 1.48. The average molecular weight is 360 g/mol. The van der Waals surface area contributed by atoms with Crippen molar-refractivity contribution >= 4 is 10.0 Å². The number of rotatable bonds is 4. The van der Waals surface area contributed by atoms with E-state index < -0.39 is 15.8 Å². The van der Waals surface area contributed by atoms with Gasteiger partial charge in [0.2, 0.25) is 21.7 Å². The maximum atomic E-state index is 13.3. The first kappa shape index (κ1) is 15.9. The predicted molar refractivity (Wildman–Crippen MR) is 85.4 cm³/mol. The van der Waals surface area contributed by atoms with E-state index in [9.17, 15) is 12.8 Å². The van der Waals surface area contributed by atoms with Gasteiger partial charge in [-0.1, -0.05) is 11.2 Å². The molecule has 0 bridgehead atoms. The molecule has 0 N–H and O–H groups in total. The summed E-state index contributed by atoms with van der Waals surface area (Å²) in [7, 11) is -3.72. The molecule has 0 amide bonds. The molecule has 4 rings (SSSR count). The van der Waals surface area contributed by atoms with Crippen molar-refractivity contribution in [2.45, 2.75) is 10.8 Å². The topological polar surface area (TPSA) is 89.2 Å². The van der Waals surface area contributed by atoms with Crippen LogP contribution in [0.3, 0.4) is 0 Å². The van der Waals surface area contributed by atoms with E-state index in [1.807, 2.05) is 0 Å². The summed E-state index contributed by atoms with van der Waals surface area (Å²) in [6, 6.07) is 8.48. The van der Waals surface area contributed by atoms with Gasteiger partial charge >= 0.3 is 0 Å². The van der Waals surface area contributed by atoms with Crippen LogP contribution in [0.25, 0.3) is 11.4 Å². The van der Waals surface area contributed by atoms with Crippen molar-refractivity contribution in [1.82, 2.24) is 19.4 Å². The summed E-state index contributed by atoms with van der Waals surface area (Å²) in [5, 5.41) is 3.91. The first-order valence-corrected chi connectivity index (χ1v) is 8.98. The molecule has 0 aliphatic carbocycles. The molecular weight excluding hydrogens is 347 g/mol. The van der Waals surface area contributed by atoms with Gasteiger partial charge in [-0.25, -0.2) is 12.8 Å². The number of nitrogens with zero attached hydrogens (tertiary/aromatic N) is 4. The zero-order valence-electron chi connectivity index (χ0n) is 12.9. The number of halogens is 1. The maximum absolute atomic E-state index is 13.3. The van der Waals surface area contributed by atoms with Gasteiger partial charge in [-0.05, 0) is 30.3 Å². The Hall–Kier alpha value is -2.65. The zero-order valence-corrected chi connectivity index (χ0v) is 13.7. The molecule has 3 aromatic rings. The van der Waals surface area contributed by atoms with Gasteiger partial charge in [0.1, 0.15) is 5.82 Å². The highest BCUT2D eigenvalue weighted by Crippen LogP contribution is 2.32. The van der Waals surface area contributed by atoms with Crippen LogP contribution in [0.2, 0.25) is 0 Å². The van der Waals surface area contributed by atoms with Crippen molar-refractivity contribution < 1.29 is 17.3 Å². The van der Waals surface area contributed by atoms with Crippen LogP contribution >= 0.6 is 0 Å². The van der Waals surface area contributed by atoms with E-state index in [2.05, 4.69) is 15.1 Å². The van der Waals surface area contributed by atoms with Crippen molar-refractivity contribution in [1.29, 1.82) is 0 Å². The fourth-order valence-electron chi connectivity index (χ4n) is 2.59. The van der Waals surface area contributed by atoms with E-state index in [0.717, 1.165) is 11.6 Å². The molecule has 0 saturated carbocycles. The number of benzene rings is 1. The first-order valence-electron chi connectivity index (χ1n) is 7.54. The molecule has 1 saturated heterocycles. The lowest BCUT2D eigenvalue weighted by atomic mass is 10.0. The van der Waals surface area contributed by atoms with E-state index in [0.29, 0.717) is 11.7 Å². The van der Waals surface area contributed by atoms with E-state index in [4.69, 9.17) is 4.52 Å². The standard InChI is InChI=1S/C16H13FN4O3S/c17-13-2-1-3-14(8-13)25(22,23)21-9-12(10-21)16-19-15(20-24-16)11-4-6-18-7-5-11/h1-8,12H,9-10H2. The van der Waals surface area contributed by atoms with Crippen LogP contribution in [-0.2, 0) is 10.0 Å². The van der Waals surface area contributed by atoms with Gasteiger partial charge in [0.25, 0.3) is 0 Å². The van der Waals surface area contributed by atoms with Gasteiger partial charge in [-0.2, -0.15) is 9.29 Å². The first-order chi connectivity index (χ1) is 12.0. The minimum absolute atomic E-state index is 0.0612. The maximum Gasteiger partial charge on any atom is 0.243 e. The smallest absolute Gasteiger partial charge is 0.243 e. The molecule has 0 spiro atoms. The Labute approximate surface area is 143 Å². The Kier molecular flexibility index (Phi) is 3.81. The van der Waals surface area contributed by atoms with E-state index in [-0.39, 0.29) is 23.9 Å². The molecule has 0 unspecified atom stereocenters. The summed E-state index contributed by atoms with van der Waals surface area (Å²) >= 11 is 0. The van der Waals surface area contributed by atoms with E-state index in [1.54, 1.807) is 24.5 Å². The lowest BCUT2D eigenvalue weighted by Gasteiger charge is -2.35. The van der Waals surface area contributed by atoms with Crippen LogP contribution in [0.4, 0.5) is 4.39 Å². The third kappa shape index (κ3) is 2.92. The van der Waals surface area contributed by atoms with Crippen LogP contribution in [0.1, 0.15) is 11.8 Å². The molecule has 1 aliphatic rings. The molecule has 25 heavy (non-hydrogen) atoms. The molecule has 3 heterocycles. The molecule has 128 valence electrons. The zero-order chi connectivity index (χ0) is 17.4. The van der Waals surface area contributed by atoms with Crippen molar-refractivity contribution in [2.75, 3.05) is 13.1 Å². The molecule has 9 heteroatoms. The van der Waals surface area contributed by atoms with Crippen LogP contribution in [0, 0.1) is 5.82 Å². The normalized spacial score (nSPS) is 15.9. The average Bonchev–Trinajstić information content (AvgIpc) is 3.04. The van der Waals surface area contributed by atoms with Crippen LogP contribution < -0.4 is 0 Å². The molecule has 2 aromatic heterocycles. The molecule has 0 radical (unpaired) electrons.